The molecule has 0 spiro atoms. The molecule has 3 aromatic rings. The van der Waals surface area contributed by atoms with Gasteiger partial charge in [0.1, 0.15) is 0 Å². The summed E-state index contributed by atoms with van der Waals surface area (Å²) in [5.41, 5.74) is 10.3. The number of hydrogen-bond acceptors (Lipinski definition) is 4. The van der Waals surface area contributed by atoms with Gasteiger partial charge >= 0.3 is 51.4 Å². The summed E-state index contributed by atoms with van der Waals surface area (Å²) >= 11 is 17.1. The maximum absolute atomic E-state index is 6.23. The van der Waals surface area contributed by atoms with Crippen LogP contribution in [0.25, 0.3) is 5.43 Å². The second kappa shape index (κ2) is 12.0. The van der Waals surface area contributed by atoms with Crippen molar-refractivity contribution in [2.45, 2.75) is 11.4 Å². The van der Waals surface area contributed by atoms with Gasteiger partial charge in [0.15, 0.2) is 0 Å². The third-order valence-electron chi connectivity index (χ3n) is 3.31. The van der Waals surface area contributed by atoms with Crippen molar-refractivity contribution in [3.05, 3.63) is 86.4 Å². The molecule has 2 N–H and O–H groups in total. The minimum absolute atomic E-state index is 0. The summed E-state index contributed by atoms with van der Waals surface area (Å²) in [4.78, 5) is 4.95. The summed E-state index contributed by atoms with van der Waals surface area (Å²) in [6.45, 7) is 0.562. The van der Waals surface area contributed by atoms with Gasteiger partial charge in [-0.25, -0.2) is 0 Å². The van der Waals surface area contributed by atoms with E-state index in [4.69, 9.17) is 23.2 Å². The first-order valence-electron chi connectivity index (χ1n) is 7.61. The average molecular weight is 508 g/mol. The molecule has 0 aliphatic heterocycles. The van der Waals surface area contributed by atoms with Gasteiger partial charge in [-0.15, -0.1) is 6.54 Å². The molecule has 4 nitrogen and oxygen atoms in total. The SMILES string of the molecule is Clc1cc(Cl)c(SNc2ccc(N[N-]Cc3cccnc3)cc2)c(Br)c1.[K+]. The Balaban J connectivity index is 0.00000261. The zero-order valence-corrected chi connectivity index (χ0v) is 21.5. The molecule has 0 aliphatic carbocycles. The topological polar surface area (TPSA) is 51.0 Å². The van der Waals surface area contributed by atoms with Gasteiger partial charge in [0.25, 0.3) is 0 Å². The molecule has 0 unspecified atom stereocenters. The fourth-order valence-electron chi connectivity index (χ4n) is 2.06. The minimum atomic E-state index is 0. The van der Waals surface area contributed by atoms with Gasteiger partial charge in [0, 0.05) is 33.3 Å². The van der Waals surface area contributed by atoms with Crippen LogP contribution in [0.4, 0.5) is 11.4 Å². The number of aromatic nitrogens is 1. The molecule has 0 saturated heterocycles. The van der Waals surface area contributed by atoms with E-state index in [0.29, 0.717) is 16.6 Å². The smallest absolute Gasteiger partial charge is 0.567 e. The second-order valence-corrected chi connectivity index (χ2v) is 7.78. The van der Waals surface area contributed by atoms with E-state index in [0.717, 1.165) is 26.3 Å². The first kappa shape index (κ1) is 23.5. The van der Waals surface area contributed by atoms with Gasteiger partial charge in [-0.1, -0.05) is 29.3 Å². The van der Waals surface area contributed by atoms with E-state index in [1.807, 2.05) is 42.5 Å². The molecule has 27 heavy (non-hydrogen) atoms. The van der Waals surface area contributed by atoms with Crippen LogP contribution in [0.15, 0.2) is 70.3 Å². The van der Waals surface area contributed by atoms with Crippen molar-refractivity contribution in [1.82, 2.24) is 4.98 Å². The fourth-order valence-corrected chi connectivity index (χ4v) is 4.29. The van der Waals surface area contributed by atoms with Crippen molar-refractivity contribution in [3.63, 3.8) is 0 Å². The summed E-state index contributed by atoms with van der Waals surface area (Å²) in [5.74, 6) is 0. The number of pyridine rings is 1. The molecule has 134 valence electrons. The molecule has 0 amide bonds. The second-order valence-electron chi connectivity index (χ2n) is 5.27. The van der Waals surface area contributed by atoms with Gasteiger partial charge in [0.2, 0.25) is 0 Å². The molecule has 0 saturated carbocycles. The first-order valence-corrected chi connectivity index (χ1v) is 9.97. The molecule has 2 aromatic carbocycles. The van der Waals surface area contributed by atoms with Gasteiger partial charge in [-0.05, 0) is 75.9 Å². The Bertz CT molecular complexity index is 846. The van der Waals surface area contributed by atoms with Gasteiger partial charge < -0.3 is 15.6 Å². The van der Waals surface area contributed by atoms with Crippen LogP contribution in [-0.2, 0) is 6.54 Å². The van der Waals surface area contributed by atoms with E-state index in [-0.39, 0.29) is 51.4 Å². The third kappa shape index (κ3) is 7.51. The predicted molar refractivity (Wildman–Crippen MR) is 115 cm³/mol. The molecule has 1 aromatic heterocycles. The van der Waals surface area contributed by atoms with E-state index < -0.39 is 0 Å². The van der Waals surface area contributed by atoms with Crippen LogP contribution in [0.5, 0.6) is 0 Å². The monoisotopic (exact) mass is 506 g/mol. The third-order valence-corrected chi connectivity index (χ3v) is 5.81. The van der Waals surface area contributed by atoms with E-state index >= 15 is 0 Å². The molecule has 9 heteroatoms. The standard InChI is InChI=1S/C18H14BrCl2N4S.K/c19-16-8-13(20)9-17(21)18(16)26-25-15-5-3-14(4-6-15)24-23-11-12-2-1-7-22-10-12;/h1-10,24-25H,11H2;/q-1;+1. The van der Waals surface area contributed by atoms with Crippen LogP contribution in [0, 0.1) is 0 Å². The molecule has 0 atom stereocenters. The van der Waals surface area contributed by atoms with Crippen LogP contribution in [0.3, 0.4) is 0 Å². The molecule has 0 bridgehead atoms. The number of halogens is 3. The number of rotatable bonds is 7. The average Bonchev–Trinajstić information content (AvgIpc) is 2.63. The Morgan fingerprint density at radius 1 is 1.07 bits per heavy atom. The first-order chi connectivity index (χ1) is 12.6. The number of anilines is 2. The molecule has 3 rings (SSSR count). The van der Waals surface area contributed by atoms with Crippen molar-refractivity contribution >= 4 is 62.5 Å². The number of hydrogen-bond donors (Lipinski definition) is 2. The van der Waals surface area contributed by atoms with Crippen molar-refractivity contribution in [2.24, 2.45) is 0 Å². The van der Waals surface area contributed by atoms with Crippen LogP contribution in [-0.4, -0.2) is 4.98 Å². The van der Waals surface area contributed by atoms with E-state index in [2.05, 4.69) is 36.5 Å². The Labute approximate surface area is 223 Å². The Kier molecular flexibility index (Phi) is 10.5. The maximum atomic E-state index is 6.23. The molecule has 1 heterocycles. The molecular weight excluding hydrogens is 494 g/mol. The van der Waals surface area contributed by atoms with Crippen LogP contribution < -0.4 is 61.5 Å². The Hall–Kier alpha value is 0.196. The van der Waals surface area contributed by atoms with Crippen LogP contribution in [0.1, 0.15) is 5.56 Å². The van der Waals surface area contributed by atoms with Crippen molar-refractivity contribution in [1.29, 1.82) is 0 Å². The zero-order valence-electron chi connectivity index (χ0n) is 14.4. The Morgan fingerprint density at radius 3 is 2.48 bits per heavy atom. The molecule has 0 fully saturated rings. The largest absolute Gasteiger partial charge is 1.00 e. The quantitative estimate of drug-likeness (QED) is 0.286. The molecule has 0 aliphatic rings. The maximum Gasteiger partial charge on any atom is 1.00 e. The summed E-state index contributed by atoms with van der Waals surface area (Å²) in [7, 11) is 0. The summed E-state index contributed by atoms with van der Waals surface area (Å²) < 4.78 is 4.11. The number of benzene rings is 2. The molecular formula is C18H14BrCl2KN4S. The zero-order chi connectivity index (χ0) is 18.4. The van der Waals surface area contributed by atoms with Crippen LogP contribution >= 0.6 is 51.1 Å². The summed E-state index contributed by atoms with van der Waals surface area (Å²) in [6, 6.07) is 15.3. The van der Waals surface area contributed by atoms with Crippen molar-refractivity contribution in [3.8, 4) is 0 Å². The van der Waals surface area contributed by atoms with Gasteiger partial charge in [-0.2, -0.15) is 0 Å². The summed E-state index contributed by atoms with van der Waals surface area (Å²) in [6.07, 6.45) is 3.55. The minimum Gasteiger partial charge on any atom is -0.567 e. The normalized spacial score (nSPS) is 10.2. The van der Waals surface area contributed by atoms with Gasteiger partial charge in [-0.3, -0.25) is 4.98 Å². The van der Waals surface area contributed by atoms with E-state index in [1.54, 1.807) is 18.5 Å². The summed E-state index contributed by atoms with van der Waals surface area (Å²) in [5, 5.41) is 1.19. The van der Waals surface area contributed by atoms with Crippen molar-refractivity contribution < 1.29 is 51.4 Å². The van der Waals surface area contributed by atoms with Crippen molar-refractivity contribution in [2.75, 3.05) is 10.1 Å². The number of nitrogens with one attached hydrogen (secondary N) is 2. The Morgan fingerprint density at radius 2 is 1.81 bits per heavy atom. The number of nitrogens with zero attached hydrogens (tertiary/aromatic N) is 2. The van der Waals surface area contributed by atoms with Crippen LogP contribution in [0.2, 0.25) is 10.0 Å². The van der Waals surface area contributed by atoms with Gasteiger partial charge in [0.05, 0.1) is 9.92 Å². The molecule has 0 radical (unpaired) electrons. The predicted octanol–water partition coefficient (Wildman–Crippen LogP) is 4.17. The van der Waals surface area contributed by atoms with E-state index in [9.17, 15) is 0 Å². The fraction of sp³-hybridized carbons (Fsp3) is 0.0556. The van der Waals surface area contributed by atoms with E-state index in [1.165, 1.54) is 11.9 Å².